The van der Waals surface area contributed by atoms with Gasteiger partial charge in [0.25, 0.3) is 0 Å². The molecule has 0 radical (unpaired) electrons. The van der Waals surface area contributed by atoms with Gasteiger partial charge in [-0.05, 0) is 68.7 Å². The molecule has 0 aromatic rings. The molecule has 0 aromatic carbocycles. The number of hydrogen-bond acceptors (Lipinski definition) is 7. The smallest absolute Gasteiger partial charge is 0.339 e. The van der Waals surface area contributed by atoms with Crippen LogP contribution in [0.4, 0.5) is 0 Å². The SMILES string of the molecule is CC(C)(C)OC(=O)CCC(OC(C)(C)C)C(N)(S)C(=O)OC(C)(C)C. The fourth-order valence-corrected chi connectivity index (χ4v) is 2.16. The first-order valence-corrected chi connectivity index (χ1v) is 8.92. The molecule has 2 N–H and O–H groups in total. The van der Waals surface area contributed by atoms with E-state index in [4.69, 9.17) is 19.9 Å². The van der Waals surface area contributed by atoms with Crippen molar-refractivity contribution >= 4 is 24.6 Å². The number of carbonyl (C=O) groups excluding carboxylic acids is 2. The molecule has 0 saturated carbocycles. The van der Waals surface area contributed by atoms with Gasteiger partial charge in [-0.15, -0.1) is 12.6 Å². The number of nitrogens with two attached hydrogens (primary N) is 1. The first-order valence-electron chi connectivity index (χ1n) is 8.48. The molecule has 0 aliphatic heterocycles. The predicted octanol–water partition coefficient (Wildman–Crippen LogP) is 3.22. The highest BCUT2D eigenvalue weighted by Crippen LogP contribution is 2.28. The molecule has 0 fully saturated rings. The predicted molar refractivity (Wildman–Crippen MR) is 101 cm³/mol. The first-order chi connectivity index (χ1) is 10.8. The van der Waals surface area contributed by atoms with Gasteiger partial charge in [0, 0.05) is 6.42 Å². The lowest BCUT2D eigenvalue weighted by atomic mass is 10.0. The van der Waals surface area contributed by atoms with Crippen molar-refractivity contribution in [3.63, 3.8) is 0 Å². The Bertz CT molecular complexity index is 469. The summed E-state index contributed by atoms with van der Waals surface area (Å²) in [7, 11) is 0. The van der Waals surface area contributed by atoms with Crippen LogP contribution in [0, 0.1) is 0 Å². The molecule has 0 rings (SSSR count). The van der Waals surface area contributed by atoms with Crippen LogP contribution in [0.3, 0.4) is 0 Å². The third kappa shape index (κ3) is 10.7. The number of esters is 2. The molecule has 0 aliphatic carbocycles. The van der Waals surface area contributed by atoms with E-state index in [1.54, 1.807) is 41.5 Å². The summed E-state index contributed by atoms with van der Waals surface area (Å²) in [6.07, 6.45) is -0.579. The Hall–Kier alpha value is -0.790. The summed E-state index contributed by atoms with van der Waals surface area (Å²) in [5.41, 5.74) is 4.28. The van der Waals surface area contributed by atoms with Gasteiger partial charge in [0.05, 0.1) is 11.7 Å². The van der Waals surface area contributed by atoms with E-state index in [1.165, 1.54) is 0 Å². The number of carbonyl (C=O) groups is 2. The van der Waals surface area contributed by atoms with Gasteiger partial charge in [-0.3, -0.25) is 4.79 Å². The molecule has 0 saturated heterocycles. The maximum Gasteiger partial charge on any atom is 0.339 e. The number of ether oxygens (including phenoxy) is 3. The molecule has 0 aromatic heterocycles. The highest BCUT2D eigenvalue weighted by Gasteiger charge is 2.44. The Morgan fingerprint density at radius 2 is 1.32 bits per heavy atom. The monoisotopic (exact) mass is 377 g/mol. The molecular formula is C18H35NO5S. The zero-order chi connectivity index (χ0) is 20.3. The first kappa shape index (κ1) is 24.2. The van der Waals surface area contributed by atoms with Crippen LogP contribution in [0.1, 0.15) is 75.2 Å². The number of rotatable bonds is 6. The van der Waals surface area contributed by atoms with Gasteiger partial charge in [0.15, 0.2) is 4.87 Å². The molecule has 0 aliphatic rings. The third-order valence-electron chi connectivity index (χ3n) is 2.74. The van der Waals surface area contributed by atoms with E-state index >= 15 is 0 Å². The summed E-state index contributed by atoms with van der Waals surface area (Å²) in [4.78, 5) is 22.8. The highest BCUT2D eigenvalue weighted by molar-refractivity contribution is 7.82. The van der Waals surface area contributed by atoms with Crippen molar-refractivity contribution in [2.24, 2.45) is 5.73 Å². The Balaban J connectivity index is 5.21. The van der Waals surface area contributed by atoms with Crippen molar-refractivity contribution < 1.29 is 23.8 Å². The summed E-state index contributed by atoms with van der Waals surface area (Å²) in [6.45, 7) is 16.1. The van der Waals surface area contributed by atoms with Crippen molar-refractivity contribution in [2.45, 2.75) is 103 Å². The van der Waals surface area contributed by atoms with Gasteiger partial charge < -0.3 is 19.9 Å². The van der Waals surface area contributed by atoms with Crippen LogP contribution in [-0.4, -0.2) is 39.7 Å². The van der Waals surface area contributed by atoms with E-state index in [1.807, 2.05) is 20.8 Å². The Labute approximate surface area is 157 Å². The van der Waals surface area contributed by atoms with E-state index in [9.17, 15) is 9.59 Å². The van der Waals surface area contributed by atoms with Crippen LogP contribution in [-0.2, 0) is 23.8 Å². The minimum atomic E-state index is -1.69. The fraction of sp³-hybridized carbons (Fsp3) is 0.889. The van der Waals surface area contributed by atoms with Gasteiger partial charge in [0.1, 0.15) is 11.2 Å². The van der Waals surface area contributed by atoms with E-state index in [0.717, 1.165) is 0 Å². The van der Waals surface area contributed by atoms with Gasteiger partial charge in [-0.25, -0.2) is 4.79 Å². The van der Waals surface area contributed by atoms with Crippen LogP contribution in [0.2, 0.25) is 0 Å². The van der Waals surface area contributed by atoms with Crippen molar-refractivity contribution in [3.05, 3.63) is 0 Å². The fourth-order valence-electron chi connectivity index (χ4n) is 1.93. The molecule has 2 atom stereocenters. The largest absolute Gasteiger partial charge is 0.460 e. The van der Waals surface area contributed by atoms with Crippen LogP contribution < -0.4 is 5.73 Å². The van der Waals surface area contributed by atoms with E-state index in [-0.39, 0.29) is 18.8 Å². The van der Waals surface area contributed by atoms with Crippen LogP contribution in [0.25, 0.3) is 0 Å². The van der Waals surface area contributed by atoms with Gasteiger partial charge >= 0.3 is 11.9 Å². The van der Waals surface area contributed by atoms with E-state index in [2.05, 4.69) is 12.6 Å². The second-order valence-corrected chi connectivity index (χ2v) is 9.91. The minimum Gasteiger partial charge on any atom is -0.460 e. The molecule has 25 heavy (non-hydrogen) atoms. The summed E-state index contributed by atoms with van der Waals surface area (Å²) in [5, 5.41) is 0. The Kier molecular flexibility index (Phi) is 8.01. The summed E-state index contributed by atoms with van der Waals surface area (Å²) >= 11 is 4.32. The summed E-state index contributed by atoms with van der Waals surface area (Å²) in [6, 6.07) is 0. The maximum absolute atomic E-state index is 12.5. The van der Waals surface area contributed by atoms with Gasteiger partial charge in [-0.1, -0.05) is 0 Å². The second-order valence-electron chi connectivity index (χ2n) is 9.17. The molecule has 6 nitrogen and oxygen atoms in total. The highest BCUT2D eigenvalue weighted by atomic mass is 32.1. The lowest BCUT2D eigenvalue weighted by molar-refractivity contribution is -0.169. The average molecular weight is 378 g/mol. The second kappa shape index (κ2) is 8.27. The average Bonchev–Trinajstić information content (AvgIpc) is 2.28. The maximum atomic E-state index is 12.5. The molecular weight excluding hydrogens is 342 g/mol. The molecule has 0 spiro atoms. The molecule has 2 unspecified atom stereocenters. The third-order valence-corrected chi connectivity index (χ3v) is 3.21. The Morgan fingerprint density at radius 3 is 1.68 bits per heavy atom. The minimum absolute atomic E-state index is 0.0559. The van der Waals surface area contributed by atoms with Crippen molar-refractivity contribution in [1.29, 1.82) is 0 Å². The Morgan fingerprint density at radius 1 is 0.880 bits per heavy atom. The quantitative estimate of drug-likeness (QED) is 0.420. The zero-order valence-electron chi connectivity index (χ0n) is 17.1. The van der Waals surface area contributed by atoms with Crippen molar-refractivity contribution in [1.82, 2.24) is 0 Å². The molecule has 0 bridgehead atoms. The summed E-state index contributed by atoms with van der Waals surface area (Å²) < 4.78 is 16.6. The van der Waals surface area contributed by atoms with Crippen molar-refractivity contribution in [3.8, 4) is 0 Å². The summed E-state index contributed by atoms with van der Waals surface area (Å²) in [5.74, 6) is -1.08. The zero-order valence-corrected chi connectivity index (χ0v) is 18.0. The van der Waals surface area contributed by atoms with Crippen LogP contribution in [0.5, 0.6) is 0 Å². The van der Waals surface area contributed by atoms with Crippen LogP contribution >= 0.6 is 12.6 Å². The molecule has 148 valence electrons. The lowest BCUT2D eigenvalue weighted by Crippen LogP contribution is -2.57. The number of hydrogen-bond donors (Lipinski definition) is 2. The van der Waals surface area contributed by atoms with E-state index < -0.39 is 33.7 Å². The molecule has 0 amide bonds. The van der Waals surface area contributed by atoms with E-state index in [0.29, 0.717) is 0 Å². The lowest BCUT2D eigenvalue weighted by Gasteiger charge is -2.37. The standard InChI is InChI=1S/C18H35NO5S/c1-15(2,3)22-12(10-11-13(20)23-16(4,5)6)18(19,25)14(21)24-17(7,8)9/h12,25H,10-11,19H2,1-9H3. The van der Waals surface area contributed by atoms with Crippen molar-refractivity contribution in [2.75, 3.05) is 0 Å². The number of thiol groups is 1. The topological polar surface area (TPSA) is 87.9 Å². The van der Waals surface area contributed by atoms with Gasteiger partial charge in [-0.2, -0.15) is 0 Å². The van der Waals surface area contributed by atoms with Crippen LogP contribution in [0.15, 0.2) is 0 Å². The molecule has 7 heteroatoms. The molecule has 0 heterocycles. The normalized spacial score (nSPS) is 16.8. The van der Waals surface area contributed by atoms with Gasteiger partial charge in [0.2, 0.25) is 0 Å².